The molecule has 0 bridgehead atoms. The van der Waals surface area contributed by atoms with E-state index < -0.39 is 5.92 Å². The number of aromatic nitrogens is 4. The van der Waals surface area contributed by atoms with Crippen molar-refractivity contribution in [1.82, 2.24) is 20.6 Å². The predicted octanol–water partition coefficient (Wildman–Crippen LogP) is 1.51. The van der Waals surface area contributed by atoms with E-state index in [0.29, 0.717) is 17.9 Å². The number of hydrogen-bond acceptors (Lipinski definition) is 6. The molecular weight excluding hydrogens is 322 g/mol. The molecule has 0 fully saturated rings. The number of tetrazole rings is 1. The number of carbonyl (C=O) groups excluding carboxylic acids is 1. The van der Waals surface area contributed by atoms with E-state index in [4.69, 9.17) is 4.74 Å². The summed E-state index contributed by atoms with van der Waals surface area (Å²) >= 11 is 0. The highest BCUT2D eigenvalue weighted by molar-refractivity contribution is 5.95. The van der Waals surface area contributed by atoms with Gasteiger partial charge < -0.3 is 20.3 Å². The molecule has 3 rings (SSSR count). The molecule has 25 heavy (non-hydrogen) atoms. The lowest BCUT2D eigenvalue weighted by atomic mass is 9.97. The number of para-hydroxylation sites is 1. The minimum Gasteiger partial charge on any atom is -0.504 e. The van der Waals surface area contributed by atoms with Crippen molar-refractivity contribution >= 4 is 11.6 Å². The van der Waals surface area contributed by atoms with Gasteiger partial charge in [-0.3, -0.25) is 15.1 Å². The Balaban J connectivity index is 1.84. The molecule has 3 aromatic rings. The monoisotopic (exact) mass is 338 g/mol. The number of hydrogen-bond donors (Lipinski definition) is 2. The Morgan fingerprint density at radius 1 is 1.28 bits per heavy atom. The number of ether oxygens (including phenoxy) is 1. The van der Waals surface area contributed by atoms with Gasteiger partial charge in [-0.05, 0) is 36.2 Å². The molecule has 2 aromatic carbocycles. The number of benzene rings is 2. The first-order valence-corrected chi connectivity index (χ1v) is 7.58. The number of anilines is 1. The van der Waals surface area contributed by atoms with Gasteiger partial charge in [0, 0.05) is 11.5 Å². The zero-order chi connectivity index (χ0) is 17.6. The van der Waals surface area contributed by atoms with Crippen LogP contribution in [0.4, 0.5) is 5.69 Å². The van der Waals surface area contributed by atoms with E-state index in [2.05, 4.69) is 25.9 Å². The van der Waals surface area contributed by atoms with Crippen molar-refractivity contribution in [3.05, 3.63) is 59.9 Å². The number of nitrogens with one attached hydrogen (secondary N) is 1. The first-order valence-electron chi connectivity index (χ1n) is 7.58. The zero-order valence-electron chi connectivity index (χ0n) is 13.5. The second-order valence-electron chi connectivity index (χ2n) is 5.36. The van der Waals surface area contributed by atoms with Crippen LogP contribution >= 0.6 is 0 Å². The van der Waals surface area contributed by atoms with Gasteiger partial charge in [0.25, 0.3) is 0 Å². The van der Waals surface area contributed by atoms with Crippen LogP contribution in [0.2, 0.25) is 0 Å². The average Bonchev–Trinajstić information content (AvgIpc) is 3.16. The fraction of sp³-hybridized carbons (Fsp3) is 0.176. The number of methoxy groups -OCH3 is 1. The van der Waals surface area contributed by atoms with Crippen molar-refractivity contribution in [3.8, 4) is 11.5 Å². The normalized spacial score (nSPS) is 11.7. The highest BCUT2D eigenvalue weighted by Crippen LogP contribution is 2.29. The number of carbonyl (C=O) groups is 1. The van der Waals surface area contributed by atoms with Gasteiger partial charge in [-0.25, -0.2) is 0 Å². The van der Waals surface area contributed by atoms with Crippen LogP contribution in [0.15, 0.2) is 48.5 Å². The van der Waals surface area contributed by atoms with Crippen molar-refractivity contribution in [2.24, 2.45) is 0 Å². The van der Waals surface area contributed by atoms with E-state index in [1.807, 2.05) is 18.2 Å². The number of amides is 1. The third kappa shape index (κ3) is 3.92. The van der Waals surface area contributed by atoms with Gasteiger partial charge in [0.2, 0.25) is 5.91 Å². The summed E-state index contributed by atoms with van der Waals surface area (Å²) in [6.45, 7) is 0. The van der Waals surface area contributed by atoms with Gasteiger partial charge in [-0.1, -0.05) is 24.3 Å². The fourth-order valence-electron chi connectivity index (χ4n) is 2.43. The van der Waals surface area contributed by atoms with Crippen LogP contribution in [-0.2, 0) is 11.2 Å². The smallest absolute Gasteiger partial charge is 0.232 e. The minimum atomic E-state index is -0.676. The van der Waals surface area contributed by atoms with Gasteiger partial charge >= 0.3 is 0 Å². The third-order valence-electron chi connectivity index (χ3n) is 3.69. The molecule has 0 radical (unpaired) electrons. The molecule has 8 heteroatoms. The quantitative estimate of drug-likeness (QED) is 0.700. The second kappa shape index (κ2) is 7.43. The Labute approximate surface area is 143 Å². The van der Waals surface area contributed by atoms with Crippen LogP contribution in [0.3, 0.4) is 0 Å². The molecule has 0 aliphatic rings. The van der Waals surface area contributed by atoms with Gasteiger partial charge in [0.15, 0.2) is 11.5 Å². The molecule has 1 heterocycles. The van der Waals surface area contributed by atoms with Crippen LogP contribution in [0, 0.1) is 0 Å². The van der Waals surface area contributed by atoms with Crippen molar-refractivity contribution < 1.29 is 14.6 Å². The second-order valence-corrected chi connectivity index (χ2v) is 5.36. The molecular formula is C17H16N5O3-. The first-order chi connectivity index (χ1) is 12.2. The Bertz CT molecular complexity index is 837. The molecule has 0 spiro atoms. The van der Waals surface area contributed by atoms with E-state index in [1.54, 1.807) is 24.3 Å². The Hall–Kier alpha value is -3.42. The SMILES string of the molecule is COc1cc(C[C@H](C(=O)Nc2ccccc2)c2nnn[n-]2)ccc1O. The molecule has 128 valence electrons. The molecule has 0 saturated heterocycles. The largest absolute Gasteiger partial charge is 0.504 e. The van der Waals surface area contributed by atoms with Crippen LogP contribution < -0.4 is 15.2 Å². The number of phenolic OH excluding ortho intramolecular Hbond substituents is 1. The summed E-state index contributed by atoms with van der Waals surface area (Å²) in [4.78, 5) is 12.7. The molecule has 0 aliphatic heterocycles. The van der Waals surface area contributed by atoms with Gasteiger partial charge in [-0.2, -0.15) is 5.21 Å². The molecule has 1 atom stereocenters. The topological polar surface area (TPSA) is 111 Å². The highest BCUT2D eigenvalue weighted by Gasteiger charge is 2.21. The third-order valence-corrected chi connectivity index (χ3v) is 3.69. The molecule has 1 aromatic heterocycles. The van der Waals surface area contributed by atoms with Crippen molar-refractivity contribution in [2.75, 3.05) is 12.4 Å². The average molecular weight is 338 g/mol. The van der Waals surface area contributed by atoms with Gasteiger partial charge in [-0.15, -0.1) is 0 Å². The maximum atomic E-state index is 12.7. The van der Waals surface area contributed by atoms with Crippen LogP contribution in [0.5, 0.6) is 11.5 Å². The predicted molar refractivity (Wildman–Crippen MR) is 89.3 cm³/mol. The lowest BCUT2D eigenvalue weighted by Gasteiger charge is -2.17. The molecule has 8 nitrogen and oxygen atoms in total. The summed E-state index contributed by atoms with van der Waals surface area (Å²) in [5.74, 6) is -0.346. The number of nitrogens with zero attached hydrogens (tertiary/aromatic N) is 4. The fourth-order valence-corrected chi connectivity index (χ4v) is 2.43. The number of rotatable bonds is 6. The van der Waals surface area contributed by atoms with Crippen LogP contribution in [-0.4, -0.2) is 33.6 Å². The first kappa shape index (κ1) is 16.4. The molecule has 2 N–H and O–H groups in total. The Kier molecular flexibility index (Phi) is 4.89. The Morgan fingerprint density at radius 2 is 2.08 bits per heavy atom. The van der Waals surface area contributed by atoms with Crippen LogP contribution in [0.1, 0.15) is 17.3 Å². The zero-order valence-corrected chi connectivity index (χ0v) is 13.5. The summed E-state index contributed by atoms with van der Waals surface area (Å²) in [5, 5.41) is 27.1. The van der Waals surface area contributed by atoms with Gasteiger partial charge in [0.05, 0.1) is 13.0 Å². The van der Waals surface area contributed by atoms with E-state index in [9.17, 15) is 9.90 Å². The van der Waals surface area contributed by atoms with Crippen molar-refractivity contribution in [1.29, 1.82) is 0 Å². The highest BCUT2D eigenvalue weighted by atomic mass is 16.5. The maximum Gasteiger partial charge on any atom is 0.232 e. The number of phenols is 1. The lowest BCUT2D eigenvalue weighted by molar-refractivity contribution is -0.117. The van der Waals surface area contributed by atoms with E-state index >= 15 is 0 Å². The van der Waals surface area contributed by atoms with E-state index in [0.717, 1.165) is 5.56 Å². The Morgan fingerprint density at radius 3 is 2.76 bits per heavy atom. The summed E-state index contributed by atoms with van der Waals surface area (Å²) < 4.78 is 5.11. The summed E-state index contributed by atoms with van der Waals surface area (Å²) in [5.41, 5.74) is 1.46. The molecule has 1 amide bonds. The standard InChI is InChI=1S/C17H17N5O3/c1-25-15-10-11(7-8-14(15)23)9-13(16-19-21-22-20-16)17(24)18-12-5-3-2-4-6-12/h2-8,10,13H,9H2,1H3,(H3,18,19,20,21,22,23,24)/p-1/t13-/m0/s1. The molecule has 0 aliphatic carbocycles. The van der Waals surface area contributed by atoms with E-state index in [-0.39, 0.29) is 17.5 Å². The summed E-state index contributed by atoms with van der Waals surface area (Å²) in [6.07, 6.45) is 0.308. The maximum absolute atomic E-state index is 12.7. The van der Waals surface area contributed by atoms with Crippen molar-refractivity contribution in [2.45, 2.75) is 12.3 Å². The van der Waals surface area contributed by atoms with Crippen LogP contribution in [0.25, 0.3) is 0 Å². The number of aromatic hydroxyl groups is 1. The minimum absolute atomic E-state index is 0.0319. The summed E-state index contributed by atoms with van der Waals surface area (Å²) in [6, 6.07) is 14.0. The molecule has 0 saturated carbocycles. The van der Waals surface area contributed by atoms with Gasteiger partial charge in [0.1, 0.15) is 0 Å². The summed E-state index contributed by atoms with van der Waals surface area (Å²) in [7, 11) is 1.46. The molecule has 0 unspecified atom stereocenters. The van der Waals surface area contributed by atoms with E-state index in [1.165, 1.54) is 13.2 Å². The lowest BCUT2D eigenvalue weighted by Crippen LogP contribution is -2.24. The van der Waals surface area contributed by atoms with Crippen molar-refractivity contribution in [3.63, 3.8) is 0 Å².